The Kier molecular flexibility index (Phi) is 4.13. The molecule has 0 bridgehead atoms. The van der Waals surface area contributed by atoms with Gasteiger partial charge in [-0.05, 0) is 24.3 Å². The Labute approximate surface area is 124 Å². The highest BCUT2D eigenvalue weighted by atomic mass is 16.4. The van der Waals surface area contributed by atoms with E-state index in [2.05, 4.69) is 0 Å². The number of ketones is 2. The topological polar surface area (TPSA) is 109 Å². The summed E-state index contributed by atoms with van der Waals surface area (Å²) in [5.74, 6) is -4.22. The van der Waals surface area contributed by atoms with Crippen molar-refractivity contribution in [2.75, 3.05) is 0 Å². The number of carboxylic acid groups (broad SMARTS) is 2. The van der Waals surface area contributed by atoms with Gasteiger partial charge in [0.15, 0.2) is 0 Å². The summed E-state index contributed by atoms with van der Waals surface area (Å²) in [5.41, 5.74) is -0.355. The molecule has 0 heterocycles. The van der Waals surface area contributed by atoms with Gasteiger partial charge in [-0.15, -0.1) is 0 Å². The summed E-state index contributed by atoms with van der Waals surface area (Å²) >= 11 is 0. The molecule has 2 aromatic carbocycles. The van der Waals surface area contributed by atoms with E-state index in [1.807, 2.05) is 0 Å². The number of aromatic carboxylic acids is 2. The van der Waals surface area contributed by atoms with Crippen molar-refractivity contribution in [3.63, 3.8) is 0 Å². The van der Waals surface area contributed by atoms with Gasteiger partial charge in [0.1, 0.15) is 0 Å². The van der Waals surface area contributed by atoms with Crippen LogP contribution in [0.5, 0.6) is 0 Å². The van der Waals surface area contributed by atoms with E-state index in [4.69, 9.17) is 10.2 Å². The first-order valence-electron chi connectivity index (χ1n) is 6.16. The number of carboxylic acids is 2. The van der Waals surface area contributed by atoms with E-state index in [-0.39, 0.29) is 22.3 Å². The quantitative estimate of drug-likeness (QED) is 0.646. The Morgan fingerprint density at radius 3 is 1.23 bits per heavy atom. The smallest absolute Gasteiger partial charge is 0.335 e. The van der Waals surface area contributed by atoms with E-state index in [1.54, 1.807) is 0 Å². The Hall–Kier alpha value is -3.28. The number of benzene rings is 2. The zero-order valence-corrected chi connectivity index (χ0v) is 11.1. The Balaban J connectivity index is 2.35. The van der Waals surface area contributed by atoms with Gasteiger partial charge >= 0.3 is 11.9 Å². The standard InChI is InChI=1S/C16H10O6/c17-13(9-3-1-5-11(7-9)15(19)20)14(18)10-4-2-6-12(8-10)16(21)22/h1-8H,(H,19,20)(H,21,22). The summed E-state index contributed by atoms with van der Waals surface area (Å²) in [5, 5.41) is 17.8. The SMILES string of the molecule is O=C(O)c1cccc(C(=O)C(=O)c2cccc(C(=O)O)c2)c1. The lowest BCUT2D eigenvalue weighted by Crippen LogP contribution is -2.15. The van der Waals surface area contributed by atoms with Crippen LogP contribution in [0.1, 0.15) is 41.4 Å². The fourth-order valence-corrected chi connectivity index (χ4v) is 1.85. The molecular formula is C16H10O6. The molecule has 2 N–H and O–H groups in total. The van der Waals surface area contributed by atoms with Crippen molar-refractivity contribution in [3.8, 4) is 0 Å². The number of hydrogen-bond acceptors (Lipinski definition) is 4. The molecule has 0 spiro atoms. The number of hydrogen-bond donors (Lipinski definition) is 2. The molecule has 0 aromatic heterocycles. The third kappa shape index (κ3) is 3.06. The number of carbonyl (C=O) groups is 4. The molecule has 22 heavy (non-hydrogen) atoms. The normalized spacial score (nSPS) is 10.0. The van der Waals surface area contributed by atoms with Crippen molar-refractivity contribution >= 4 is 23.5 Å². The third-order valence-electron chi connectivity index (χ3n) is 2.95. The highest BCUT2D eigenvalue weighted by molar-refractivity contribution is 6.49. The maximum atomic E-state index is 12.1. The summed E-state index contributed by atoms with van der Waals surface area (Å²) < 4.78 is 0. The molecule has 0 atom stereocenters. The molecule has 2 aromatic rings. The minimum absolute atomic E-state index is 0.0642. The van der Waals surface area contributed by atoms with Gasteiger partial charge < -0.3 is 10.2 Å². The first-order valence-corrected chi connectivity index (χ1v) is 6.16. The maximum absolute atomic E-state index is 12.1. The first kappa shape index (κ1) is 15.1. The predicted octanol–water partition coefficient (Wildman–Crippen LogP) is 2.15. The van der Waals surface area contributed by atoms with Crippen molar-refractivity contribution in [3.05, 3.63) is 70.8 Å². The second-order valence-corrected chi connectivity index (χ2v) is 4.43. The van der Waals surface area contributed by atoms with Gasteiger partial charge in [0.2, 0.25) is 11.6 Å². The van der Waals surface area contributed by atoms with E-state index in [9.17, 15) is 19.2 Å². The average Bonchev–Trinajstić information content (AvgIpc) is 2.53. The minimum Gasteiger partial charge on any atom is -0.478 e. The highest BCUT2D eigenvalue weighted by Gasteiger charge is 2.20. The van der Waals surface area contributed by atoms with E-state index in [0.717, 1.165) is 12.1 Å². The van der Waals surface area contributed by atoms with E-state index >= 15 is 0 Å². The van der Waals surface area contributed by atoms with Gasteiger partial charge in [-0.1, -0.05) is 24.3 Å². The van der Waals surface area contributed by atoms with Crippen LogP contribution in [0, 0.1) is 0 Å². The number of rotatable bonds is 5. The molecule has 0 saturated heterocycles. The van der Waals surface area contributed by atoms with Gasteiger partial charge in [-0.3, -0.25) is 9.59 Å². The molecule has 0 aliphatic heterocycles. The maximum Gasteiger partial charge on any atom is 0.335 e. The molecule has 0 unspecified atom stereocenters. The van der Waals surface area contributed by atoms with Crippen molar-refractivity contribution in [1.82, 2.24) is 0 Å². The molecule has 0 amide bonds. The van der Waals surface area contributed by atoms with Crippen LogP contribution in [0.2, 0.25) is 0 Å². The summed E-state index contributed by atoms with van der Waals surface area (Å²) in [7, 11) is 0. The Morgan fingerprint density at radius 2 is 0.909 bits per heavy atom. The van der Waals surface area contributed by atoms with Crippen molar-refractivity contribution in [1.29, 1.82) is 0 Å². The Morgan fingerprint density at radius 1 is 0.591 bits per heavy atom. The summed E-state index contributed by atoms with van der Waals surface area (Å²) in [6.07, 6.45) is 0. The van der Waals surface area contributed by atoms with Crippen molar-refractivity contribution < 1.29 is 29.4 Å². The minimum atomic E-state index is -1.21. The second kappa shape index (κ2) is 6.01. The second-order valence-electron chi connectivity index (χ2n) is 4.43. The Bertz CT molecular complexity index is 723. The van der Waals surface area contributed by atoms with Gasteiger partial charge in [-0.2, -0.15) is 0 Å². The molecule has 0 aliphatic carbocycles. The molecule has 6 heteroatoms. The third-order valence-corrected chi connectivity index (χ3v) is 2.95. The monoisotopic (exact) mass is 298 g/mol. The van der Waals surface area contributed by atoms with Gasteiger partial charge in [0, 0.05) is 11.1 Å². The first-order chi connectivity index (χ1) is 10.4. The van der Waals surface area contributed by atoms with Gasteiger partial charge in [-0.25, -0.2) is 9.59 Å². The van der Waals surface area contributed by atoms with Crippen LogP contribution in [0.25, 0.3) is 0 Å². The summed E-state index contributed by atoms with van der Waals surface area (Å²) in [6, 6.07) is 10.2. The van der Waals surface area contributed by atoms with Crippen LogP contribution in [-0.4, -0.2) is 33.7 Å². The average molecular weight is 298 g/mol. The lowest BCUT2D eigenvalue weighted by molar-refractivity contribution is 0.0685. The van der Waals surface area contributed by atoms with E-state index < -0.39 is 23.5 Å². The molecular weight excluding hydrogens is 288 g/mol. The van der Waals surface area contributed by atoms with Crippen LogP contribution in [0.15, 0.2) is 48.5 Å². The van der Waals surface area contributed by atoms with Gasteiger partial charge in [0.25, 0.3) is 0 Å². The molecule has 2 rings (SSSR count). The van der Waals surface area contributed by atoms with Crippen LogP contribution in [-0.2, 0) is 0 Å². The zero-order chi connectivity index (χ0) is 16.3. The predicted molar refractivity (Wildman–Crippen MR) is 75.5 cm³/mol. The fourth-order valence-electron chi connectivity index (χ4n) is 1.85. The number of Topliss-reactive ketones (excluding diaryl/α,β-unsaturated/α-hetero) is 2. The molecule has 0 saturated carbocycles. The highest BCUT2D eigenvalue weighted by Crippen LogP contribution is 2.12. The van der Waals surface area contributed by atoms with Crippen LogP contribution in [0.3, 0.4) is 0 Å². The lowest BCUT2D eigenvalue weighted by atomic mass is 9.99. The van der Waals surface area contributed by atoms with Crippen LogP contribution < -0.4 is 0 Å². The summed E-state index contributed by atoms with van der Waals surface area (Å²) in [4.78, 5) is 46.0. The van der Waals surface area contributed by atoms with E-state index in [1.165, 1.54) is 36.4 Å². The van der Waals surface area contributed by atoms with Crippen molar-refractivity contribution in [2.45, 2.75) is 0 Å². The summed E-state index contributed by atoms with van der Waals surface area (Å²) in [6.45, 7) is 0. The number of carbonyl (C=O) groups excluding carboxylic acids is 2. The zero-order valence-electron chi connectivity index (χ0n) is 11.1. The fraction of sp³-hybridized carbons (Fsp3) is 0. The molecule has 0 aliphatic rings. The molecule has 0 fully saturated rings. The van der Waals surface area contributed by atoms with Gasteiger partial charge in [0.05, 0.1) is 11.1 Å². The molecule has 110 valence electrons. The van der Waals surface area contributed by atoms with E-state index in [0.29, 0.717) is 0 Å². The molecule has 6 nitrogen and oxygen atoms in total. The van der Waals surface area contributed by atoms with Crippen molar-refractivity contribution in [2.24, 2.45) is 0 Å². The van der Waals surface area contributed by atoms with Crippen LogP contribution in [0.4, 0.5) is 0 Å². The van der Waals surface area contributed by atoms with Crippen LogP contribution >= 0.6 is 0 Å². The molecule has 0 radical (unpaired) electrons. The lowest BCUT2D eigenvalue weighted by Gasteiger charge is -2.03. The largest absolute Gasteiger partial charge is 0.478 e.